The van der Waals surface area contributed by atoms with Crippen molar-refractivity contribution in [2.75, 3.05) is 0 Å². The van der Waals surface area contributed by atoms with Crippen LogP contribution in [0.3, 0.4) is 0 Å². The Balaban J connectivity index is 4.68. The maximum absolute atomic E-state index is 9.56. The zero-order valence-corrected chi connectivity index (χ0v) is 13.0. The van der Waals surface area contributed by atoms with E-state index in [0.29, 0.717) is 6.42 Å². The molecule has 0 radical (unpaired) electrons. The topological polar surface area (TPSA) is 40.5 Å². The van der Waals surface area contributed by atoms with Crippen LogP contribution in [0.1, 0.15) is 34.1 Å². The maximum atomic E-state index is 9.56. The monoisotopic (exact) mass is 280 g/mol. The lowest BCUT2D eigenvalue weighted by atomic mass is 9.96. The molecule has 0 heterocycles. The Morgan fingerprint density at radius 3 is 2.26 bits per heavy atom. The van der Waals surface area contributed by atoms with E-state index in [0.717, 1.165) is 11.1 Å². The van der Waals surface area contributed by atoms with E-state index in [1.54, 1.807) is 31.2 Å². The summed E-state index contributed by atoms with van der Waals surface area (Å²) >= 11 is 4.57. The van der Waals surface area contributed by atoms with E-state index >= 15 is 0 Å². The van der Waals surface area contributed by atoms with Gasteiger partial charge >= 0.3 is 0 Å². The summed E-state index contributed by atoms with van der Waals surface area (Å²) < 4.78 is -0.428. The first-order valence-electron chi connectivity index (χ1n) is 6.18. The van der Waals surface area contributed by atoms with Gasteiger partial charge < -0.3 is 10.2 Å². The molecule has 0 amide bonds. The molecule has 0 aliphatic heterocycles. The summed E-state index contributed by atoms with van der Waals surface area (Å²) in [6.07, 6.45) is 9.11. The molecule has 106 valence electrons. The molecule has 0 rings (SSSR count). The lowest BCUT2D eigenvalue weighted by Crippen LogP contribution is -2.16. The zero-order valence-electron chi connectivity index (χ0n) is 12.1. The first-order valence-corrected chi connectivity index (χ1v) is 6.63. The fraction of sp³-hybridized carbons (Fsp3) is 0.375. The summed E-state index contributed by atoms with van der Waals surface area (Å²) in [6.45, 7) is 11.4. The van der Waals surface area contributed by atoms with Crippen molar-refractivity contribution in [1.29, 1.82) is 0 Å². The van der Waals surface area contributed by atoms with Crippen LogP contribution in [0.2, 0.25) is 0 Å². The smallest absolute Gasteiger partial charge is 0.113 e. The number of hydrogen-bond acceptors (Lipinski definition) is 3. The summed E-state index contributed by atoms with van der Waals surface area (Å²) in [6, 6.07) is 0. The van der Waals surface area contributed by atoms with Gasteiger partial charge in [-0.05, 0) is 63.5 Å². The zero-order chi connectivity index (χ0) is 15.1. The van der Waals surface area contributed by atoms with Crippen LogP contribution < -0.4 is 0 Å². The van der Waals surface area contributed by atoms with Crippen LogP contribution in [-0.2, 0) is 0 Å². The van der Waals surface area contributed by atoms with E-state index in [-0.39, 0.29) is 11.5 Å². The summed E-state index contributed by atoms with van der Waals surface area (Å²) in [5.41, 5.74) is 1.67. The van der Waals surface area contributed by atoms with Gasteiger partial charge in [-0.3, -0.25) is 0 Å². The maximum Gasteiger partial charge on any atom is 0.113 e. The molecule has 1 atom stereocenters. The first kappa shape index (κ1) is 17.6. The Kier molecular flexibility index (Phi) is 7.38. The van der Waals surface area contributed by atoms with Gasteiger partial charge in [0.1, 0.15) is 11.5 Å². The number of hydrogen-bond donors (Lipinski definition) is 3. The van der Waals surface area contributed by atoms with Crippen LogP contribution in [0.15, 0.2) is 59.6 Å². The Bertz CT molecular complexity index is 434. The van der Waals surface area contributed by atoms with Gasteiger partial charge in [-0.1, -0.05) is 18.7 Å². The third-order valence-corrected chi connectivity index (χ3v) is 3.22. The highest BCUT2D eigenvalue weighted by Crippen LogP contribution is 2.28. The van der Waals surface area contributed by atoms with Gasteiger partial charge in [0.2, 0.25) is 0 Å². The summed E-state index contributed by atoms with van der Waals surface area (Å²) in [5, 5.41) is 18.9. The second kappa shape index (κ2) is 7.95. The third kappa shape index (κ3) is 6.97. The number of allylic oxidation sites excluding steroid dienone is 6. The highest BCUT2D eigenvalue weighted by molar-refractivity contribution is 7.82. The van der Waals surface area contributed by atoms with Gasteiger partial charge in [0.25, 0.3) is 0 Å². The molecule has 2 N–H and O–H groups in total. The SMILES string of the molecule is C=C(/C=C\C(O)=C\C)C(C)(S)C/C=C\C(O)=C(C)C. The van der Waals surface area contributed by atoms with Crippen LogP contribution in [-0.4, -0.2) is 15.0 Å². The fourth-order valence-corrected chi connectivity index (χ4v) is 1.34. The molecule has 0 aliphatic carbocycles. The Hall–Kier alpha value is -1.35. The number of rotatable bonds is 6. The molecule has 0 saturated carbocycles. The predicted octanol–water partition coefficient (Wildman–Crippen LogP) is 5.05. The minimum Gasteiger partial charge on any atom is -0.508 e. The Morgan fingerprint density at radius 2 is 1.79 bits per heavy atom. The lowest BCUT2D eigenvalue weighted by molar-refractivity contribution is 0.425. The van der Waals surface area contributed by atoms with E-state index in [1.807, 2.05) is 26.8 Å². The van der Waals surface area contributed by atoms with Crippen molar-refractivity contribution in [1.82, 2.24) is 0 Å². The molecular formula is C16H24O2S. The molecule has 0 spiro atoms. The summed E-state index contributed by atoms with van der Waals surface area (Å²) in [4.78, 5) is 0. The average molecular weight is 280 g/mol. The number of aliphatic hydroxyl groups excluding tert-OH is 2. The Morgan fingerprint density at radius 1 is 1.21 bits per heavy atom. The van der Waals surface area contributed by atoms with Crippen molar-refractivity contribution < 1.29 is 10.2 Å². The minimum absolute atomic E-state index is 0.197. The quantitative estimate of drug-likeness (QED) is 0.362. The van der Waals surface area contributed by atoms with Crippen molar-refractivity contribution in [3.05, 3.63) is 59.6 Å². The molecule has 0 aromatic rings. The van der Waals surface area contributed by atoms with Gasteiger partial charge in [0, 0.05) is 4.75 Å². The van der Waals surface area contributed by atoms with Crippen molar-refractivity contribution in [3.63, 3.8) is 0 Å². The molecule has 0 bridgehead atoms. The van der Waals surface area contributed by atoms with Crippen LogP contribution in [0, 0.1) is 0 Å². The highest BCUT2D eigenvalue weighted by Gasteiger charge is 2.19. The van der Waals surface area contributed by atoms with E-state index < -0.39 is 4.75 Å². The molecule has 0 saturated heterocycles. The van der Waals surface area contributed by atoms with Crippen molar-refractivity contribution >= 4 is 12.6 Å². The summed E-state index contributed by atoms with van der Waals surface area (Å²) in [7, 11) is 0. The molecular weight excluding hydrogens is 256 g/mol. The van der Waals surface area contributed by atoms with E-state index in [4.69, 9.17) is 0 Å². The van der Waals surface area contributed by atoms with Crippen LogP contribution in [0.4, 0.5) is 0 Å². The van der Waals surface area contributed by atoms with Gasteiger partial charge in [-0.15, -0.1) is 0 Å². The van der Waals surface area contributed by atoms with E-state index in [2.05, 4.69) is 19.2 Å². The minimum atomic E-state index is -0.428. The molecule has 0 aliphatic rings. The second-order valence-corrected chi connectivity index (χ2v) is 5.82. The van der Waals surface area contributed by atoms with Gasteiger partial charge in [-0.25, -0.2) is 0 Å². The third-order valence-electron chi connectivity index (χ3n) is 2.75. The second-order valence-electron chi connectivity index (χ2n) is 4.84. The molecule has 3 heteroatoms. The van der Waals surface area contributed by atoms with Crippen molar-refractivity contribution in [2.45, 2.75) is 38.9 Å². The van der Waals surface area contributed by atoms with Crippen LogP contribution in [0.5, 0.6) is 0 Å². The molecule has 2 nitrogen and oxygen atoms in total. The van der Waals surface area contributed by atoms with E-state index in [1.165, 1.54) is 0 Å². The first-order chi connectivity index (χ1) is 8.70. The Labute approximate surface area is 122 Å². The van der Waals surface area contributed by atoms with Gasteiger partial charge in [0.15, 0.2) is 0 Å². The standard InChI is InChI=1S/C16H24O2S/c1-6-14(17)10-9-13(4)16(5,19)11-7-8-15(18)12(2)3/h6-10,17-19H,4,11H2,1-3,5H3/b8-7-,10-9-,14-6-. The van der Waals surface area contributed by atoms with Crippen molar-refractivity contribution in [3.8, 4) is 0 Å². The number of thiol groups is 1. The predicted molar refractivity (Wildman–Crippen MR) is 86.8 cm³/mol. The van der Waals surface area contributed by atoms with Crippen molar-refractivity contribution in [2.24, 2.45) is 0 Å². The largest absolute Gasteiger partial charge is 0.508 e. The highest BCUT2D eigenvalue weighted by atomic mass is 32.1. The lowest BCUT2D eigenvalue weighted by Gasteiger charge is -2.22. The molecule has 0 aromatic carbocycles. The van der Waals surface area contributed by atoms with Gasteiger partial charge in [0.05, 0.1) is 0 Å². The molecule has 0 aromatic heterocycles. The normalized spacial score (nSPS) is 15.7. The molecule has 1 unspecified atom stereocenters. The van der Waals surface area contributed by atoms with Crippen LogP contribution in [0.25, 0.3) is 0 Å². The van der Waals surface area contributed by atoms with Gasteiger partial charge in [-0.2, -0.15) is 12.6 Å². The summed E-state index contributed by atoms with van der Waals surface area (Å²) in [5.74, 6) is 0.472. The molecule has 0 fully saturated rings. The number of aliphatic hydroxyl groups is 2. The average Bonchev–Trinajstić information content (AvgIpc) is 2.34. The fourth-order valence-electron chi connectivity index (χ4n) is 1.16. The van der Waals surface area contributed by atoms with Crippen LogP contribution >= 0.6 is 12.6 Å². The molecule has 19 heavy (non-hydrogen) atoms. The van der Waals surface area contributed by atoms with E-state index in [9.17, 15) is 10.2 Å².